The van der Waals surface area contributed by atoms with Crippen LogP contribution in [0.15, 0.2) is 0 Å². The largest absolute Gasteiger partial charge is 0.465 e. The van der Waals surface area contributed by atoms with Gasteiger partial charge in [-0.3, -0.25) is 4.79 Å². The minimum Gasteiger partial charge on any atom is -0.465 e. The molecule has 0 saturated carbocycles. The van der Waals surface area contributed by atoms with Crippen LogP contribution >= 0.6 is 11.3 Å². The van der Waals surface area contributed by atoms with Crippen LogP contribution in [0, 0.1) is 0 Å². The lowest BCUT2D eigenvalue weighted by atomic mass is 9.91. The number of esters is 1. The van der Waals surface area contributed by atoms with Gasteiger partial charge in [-0.25, -0.2) is 4.98 Å². The number of likely N-dealkylation sites (tertiary alicyclic amines) is 1. The first-order valence-corrected chi connectivity index (χ1v) is 8.60. The molecule has 0 spiro atoms. The maximum Gasteiger partial charge on any atom is 0.315 e. The highest BCUT2D eigenvalue weighted by atomic mass is 32.1. The fraction of sp³-hybridized carbons (Fsp3) is 0.733. The van der Waals surface area contributed by atoms with E-state index in [1.807, 2.05) is 6.92 Å². The molecular formula is C15H23N3O2S. The molecule has 0 aromatic carbocycles. The van der Waals surface area contributed by atoms with Crippen LogP contribution in [0.2, 0.25) is 0 Å². The fourth-order valence-electron chi connectivity index (χ4n) is 3.18. The van der Waals surface area contributed by atoms with Gasteiger partial charge in [-0.15, -0.1) is 11.3 Å². The standard InChI is InChI=1S/C15H23N3O2S/c1-3-20-14(19)11-5-4-6-12-13(11)17-15(21-12)16-10-7-8-18(2)9-10/h10-11H,3-9H2,1-2H3,(H,16,17). The third kappa shape index (κ3) is 3.21. The SMILES string of the molecule is CCOC(=O)C1CCCc2sc(NC3CCN(C)C3)nc21. The number of carbonyl (C=O) groups excluding carboxylic acids is 1. The van der Waals surface area contributed by atoms with Crippen LogP contribution in [-0.4, -0.2) is 48.6 Å². The molecule has 116 valence electrons. The van der Waals surface area contributed by atoms with Crippen LogP contribution in [0.3, 0.4) is 0 Å². The second-order valence-electron chi connectivity index (χ2n) is 5.92. The van der Waals surface area contributed by atoms with Crippen LogP contribution in [0.25, 0.3) is 0 Å². The van der Waals surface area contributed by atoms with E-state index >= 15 is 0 Å². The molecule has 1 aliphatic heterocycles. The van der Waals surface area contributed by atoms with Crippen molar-refractivity contribution in [2.75, 3.05) is 32.1 Å². The minimum absolute atomic E-state index is 0.115. The fourth-order valence-corrected chi connectivity index (χ4v) is 4.32. The minimum atomic E-state index is -0.160. The molecule has 0 amide bonds. The summed E-state index contributed by atoms with van der Waals surface area (Å²) in [5, 5.41) is 4.50. The summed E-state index contributed by atoms with van der Waals surface area (Å²) < 4.78 is 5.19. The lowest BCUT2D eigenvalue weighted by Gasteiger charge is -2.19. The first-order chi connectivity index (χ1) is 10.2. The number of carbonyl (C=O) groups is 1. The number of nitrogens with zero attached hydrogens (tertiary/aromatic N) is 2. The quantitative estimate of drug-likeness (QED) is 0.865. The van der Waals surface area contributed by atoms with Crippen molar-refractivity contribution in [1.82, 2.24) is 9.88 Å². The number of fused-ring (bicyclic) bond motifs is 1. The van der Waals surface area contributed by atoms with Gasteiger partial charge >= 0.3 is 5.97 Å². The molecule has 21 heavy (non-hydrogen) atoms. The Bertz CT molecular complexity index is 517. The predicted molar refractivity (Wildman–Crippen MR) is 84.0 cm³/mol. The summed E-state index contributed by atoms with van der Waals surface area (Å²) in [6, 6.07) is 0.476. The molecule has 1 N–H and O–H groups in total. The first-order valence-electron chi connectivity index (χ1n) is 7.78. The van der Waals surface area contributed by atoms with Gasteiger partial charge in [0.2, 0.25) is 0 Å². The topological polar surface area (TPSA) is 54.5 Å². The van der Waals surface area contributed by atoms with Gasteiger partial charge in [-0.05, 0) is 46.2 Å². The highest BCUT2D eigenvalue weighted by Crippen LogP contribution is 2.37. The zero-order valence-electron chi connectivity index (χ0n) is 12.7. The van der Waals surface area contributed by atoms with E-state index in [0.29, 0.717) is 12.6 Å². The summed E-state index contributed by atoms with van der Waals surface area (Å²) in [6.45, 7) is 4.49. The van der Waals surface area contributed by atoms with Gasteiger partial charge in [0.25, 0.3) is 0 Å². The monoisotopic (exact) mass is 309 g/mol. The van der Waals surface area contributed by atoms with E-state index in [1.165, 1.54) is 4.88 Å². The van der Waals surface area contributed by atoms with Gasteiger partial charge in [0, 0.05) is 17.5 Å². The second kappa shape index (κ2) is 6.32. The van der Waals surface area contributed by atoms with Crippen LogP contribution < -0.4 is 5.32 Å². The lowest BCUT2D eigenvalue weighted by Crippen LogP contribution is -2.23. The van der Waals surface area contributed by atoms with E-state index in [9.17, 15) is 4.79 Å². The number of rotatable bonds is 4. The average molecular weight is 309 g/mol. The number of hydrogen-bond acceptors (Lipinski definition) is 6. The van der Waals surface area contributed by atoms with Crippen molar-refractivity contribution in [2.45, 2.75) is 44.6 Å². The molecule has 1 aromatic rings. The molecular weight excluding hydrogens is 286 g/mol. The summed E-state index contributed by atoms with van der Waals surface area (Å²) in [6.07, 6.45) is 4.10. The van der Waals surface area contributed by atoms with Gasteiger partial charge in [0.1, 0.15) is 5.92 Å². The zero-order chi connectivity index (χ0) is 14.8. The Morgan fingerprint density at radius 2 is 2.38 bits per heavy atom. The maximum atomic E-state index is 12.1. The van der Waals surface area contributed by atoms with Crippen LogP contribution in [0.5, 0.6) is 0 Å². The summed E-state index contributed by atoms with van der Waals surface area (Å²) >= 11 is 1.71. The predicted octanol–water partition coefficient (Wildman–Crippen LogP) is 2.24. The molecule has 6 heteroatoms. The highest BCUT2D eigenvalue weighted by molar-refractivity contribution is 7.15. The van der Waals surface area contributed by atoms with Gasteiger partial charge < -0.3 is 15.0 Å². The molecule has 2 atom stereocenters. The Morgan fingerprint density at radius 3 is 3.10 bits per heavy atom. The van der Waals surface area contributed by atoms with Crippen molar-refractivity contribution in [3.8, 4) is 0 Å². The number of ether oxygens (including phenoxy) is 1. The number of hydrogen-bond donors (Lipinski definition) is 1. The molecule has 3 rings (SSSR count). The summed E-state index contributed by atoms with van der Waals surface area (Å²) in [4.78, 5) is 20.4. The van der Waals surface area contributed by atoms with E-state index in [-0.39, 0.29) is 11.9 Å². The average Bonchev–Trinajstić information content (AvgIpc) is 3.04. The molecule has 1 saturated heterocycles. The van der Waals surface area contributed by atoms with Gasteiger partial charge in [-0.1, -0.05) is 0 Å². The summed E-state index contributed by atoms with van der Waals surface area (Å²) in [5.41, 5.74) is 0.957. The van der Waals surface area contributed by atoms with Crippen LogP contribution in [0.4, 0.5) is 5.13 Å². The van der Waals surface area contributed by atoms with Gasteiger partial charge in [0.05, 0.1) is 12.3 Å². The zero-order valence-corrected chi connectivity index (χ0v) is 13.5. The Hall–Kier alpha value is -1.14. The molecule has 0 radical (unpaired) electrons. The van der Waals surface area contributed by atoms with E-state index in [0.717, 1.165) is 49.6 Å². The number of aryl methyl sites for hydroxylation is 1. The number of aromatic nitrogens is 1. The molecule has 0 bridgehead atoms. The van der Waals surface area contributed by atoms with Crippen LogP contribution in [-0.2, 0) is 16.0 Å². The summed E-state index contributed by atoms with van der Waals surface area (Å²) in [5.74, 6) is -0.275. The smallest absolute Gasteiger partial charge is 0.315 e. The van der Waals surface area contributed by atoms with E-state index < -0.39 is 0 Å². The van der Waals surface area contributed by atoms with Crippen molar-refractivity contribution in [3.05, 3.63) is 10.6 Å². The number of nitrogens with one attached hydrogen (secondary N) is 1. The van der Waals surface area contributed by atoms with Crippen molar-refractivity contribution in [3.63, 3.8) is 0 Å². The third-order valence-electron chi connectivity index (χ3n) is 4.24. The molecule has 2 heterocycles. The Labute approximate surface area is 129 Å². The van der Waals surface area contributed by atoms with Crippen molar-refractivity contribution in [1.29, 1.82) is 0 Å². The number of thiazole rings is 1. The first kappa shape index (κ1) is 14.8. The molecule has 1 aromatic heterocycles. The summed E-state index contributed by atoms with van der Waals surface area (Å²) in [7, 11) is 2.14. The molecule has 1 aliphatic carbocycles. The maximum absolute atomic E-state index is 12.1. The van der Waals surface area contributed by atoms with Gasteiger partial charge in [-0.2, -0.15) is 0 Å². The number of anilines is 1. The molecule has 2 unspecified atom stereocenters. The Balaban J connectivity index is 1.73. The Morgan fingerprint density at radius 1 is 1.52 bits per heavy atom. The van der Waals surface area contributed by atoms with E-state index in [2.05, 4.69) is 17.3 Å². The molecule has 1 fully saturated rings. The van der Waals surface area contributed by atoms with Crippen molar-refractivity contribution >= 4 is 22.4 Å². The van der Waals surface area contributed by atoms with Gasteiger partial charge in [0.15, 0.2) is 5.13 Å². The number of likely N-dealkylation sites (N-methyl/N-ethyl adjacent to an activating group) is 1. The second-order valence-corrected chi connectivity index (χ2v) is 7.00. The van der Waals surface area contributed by atoms with Crippen molar-refractivity contribution in [2.24, 2.45) is 0 Å². The van der Waals surface area contributed by atoms with E-state index in [4.69, 9.17) is 9.72 Å². The normalized spacial score (nSPS) is 25.6. The third-order valence-corrected chi connectivity index (χ3v) is 5.31. The van der Waals surface area contributed by atoms with E-state index in [1.54, 1.807) is 11.3 Å². The lowest BCUT2D eigenvalue weighted by molar-refractivity contribution is -0.145. The molecule has 5 nitrogen and oxygen atoms in total. The molecule has 2 aliphatic rings. The van der Waals surface area contributed by atoms with Crippen LogP contribution in [0.1, 0.15) is 42.7 Å². The highest BCUT2D eigenvalue weighted by Gasteiger charge is 2.31. The van der Waals surface area contributed by atoms with Crippen molar-refractivity contribution < 1.29 is 9.53 Å². The Kier molecular flexibility index (Phi) is 4.45.